The SMILES string of the molecule is CO[C@@H]1CCCC[C@@H]1NC(=O)N[C@@H](CO)Cc1ccccc1. The summed E-state index contributed by atoms with van der Waals surface area (Å²) in [5, 5.41) is 15.3. The first-order chi connectivity index (χ1) is 10.7. The molecule has 122 valence electrons. The van der Waals surface area contributed by atoms with E-state index >= 15 is 0 Å². The van der Waals surface area contributed by atoms with Gasteiger partial charge in [0.2, 0.25) is 0 Å². The van der Waals surface area contributed by atoms with Crippen molar-refractivity contribution in [3.63, 3.8) is 0 Å². The van der Waals surface area contributed by atoms with Gasteiger partial charge in [0.15, 0.2) is 0 Å². The van der Waals surface area contributed by atoms with Gasteiger partial charge >= 0.3 is 6.03 Å². The van der Waals surface area contributed by atoms with Crippen LogP contribution in [0.5, 0.6) is 0 Å². The molecule has 3 atom stereocenters. The summed E-state index contributed by atoms with van der Waals surface area (Å²) in [6.07, 6.45) is 4.87. The van der Waals surface area contributed by atoms with Crippen LogP contribution in [0.3, 0.4) is 0 Å². The van der Waals surface area contributed by atoms with Gasteiger partial charge in [-0.25, -0.2) is 4.79 Å². The molecule has 0 aromatic heterocycles. The number of aliphatic hydroxyl groups excluding tert-OH is 1. The number of hydrogen-bond donors (Lipinski definition) is 3. The van der Waals surface area contributed by atoms with Crippen molar-refractivity contribution in [3.05, 3.63) is 35.9 Å². The van der Waals surface area contributed by atoms with Gasteiger partial charge in [0, 0.05) is 7.11 Å². The van der Waals surface area contributed by atoms with E-state index in [4.69, 9.17) is 4.74 Å². The lowest BCUT2D eigenvalue weighted by Gasteiger charge is -2.31. The van der Waals surface area contributed by atoms with E-state index < -0.39 is 0 Å². The summed E-state index contributed by atoms with van der Waals surface area (Å²) in [6.45, 7) is -0.0827. The molecule has 1 saturated carbocycles. The van der Waals surface area contributed by atoms with Crippen LogP contribution < -0.4 is 10.6 Å². The molecule has 1 aliphatic carbocycles. The second kappa shape index (κ2) is 8.76. The molecule has 1 aliphatic rings. The average Bonchev–Trinajstić information content (AvgIpc) is 2.55. The van der Waals surface area contributed by atoms with Crippen molar-refractivity contribution in [2.24, 2.45) is 0 Å². The molecule has 0 aliphatic heterocycles. The minimum absolute atomic E-state index is 0.0508. The predicted octanol–water partition coefficient (Wildman–Crippen LogP) is 1.85. The van der Waals surface area contributed by atoms with Crippen molar-refractivity contribution in [1.82, 2.24) is 10.6 Å². The zero-order valence-corrected chi connectivity index (χ0v) is 13.1. The van der Waals surface area contributed by atoms with Crippen LogP contribution in [0.1, 0.15) is 31.2 Å². The summed E-state index contributed by atoms with van der Waals surface area (Å²) in [4.78, 5) is 12.1. The molecule has 5 nitrogen and oxygen atoms in total. The predicted molar refractivity (Wildman–Crippen MR) is 85.7 cm³/mol. The summed E-state index contributed by atoms with van der Waals surface area (Å²) in [5.41, 5.74) is 1.09. The van der Waals surface area contributed by atoms with Gasteiger partial charge < -0.3 is 20.5 Å². The minimum atomic E-state index is -0.285. The van der Waals surface area contributed by atoms with E-state index in [0.717, 1.165) is 31.2 Å². The van der Waals surface area contributed by atoms with Crippen molar-refractivity contribution in [2.45, 2.75) is 50.3 Å². The van der Waals surface area contributed by atoms with E-state index in [1.807, 2.05) is 30.3 Å². The van der Waals surface area contributed by atoms with Gasteiger partial charge in [-0.05, 0) is 24.8 Å². The highest BCUT2D eigenvalue weighted by Crippen LogP contribution is 2.20. The Hall–Kier alpha value is -1.59. The minimum Gasteiger partial charge on any atom is -0.394 e. The molecule has 3 N–H and O–H groups in total. The number of carbonyl (C=O) groups excluding carboxylic acids is 1. The van der Waals surface area contributed by atoms with Gasteiger partial charge in [-0.3, -0.25) is 0 Å². The Morgan fingerprint density at radius 3 is 2.73 bits per heavy atom. The second-order valence-corrected chi connectivity index (χ2v) is 5.85. The summed E-state index contributed by atoms with van der Waals surface area (Å²) < 4.78 is 5.44. The van der Waals surface area contributed by atoms with Gasteiger partial charge in [0.1, 0.15) is 0 Å². The van der Waals surface area contributed by atoms with Crippen LogP contribution in [0.4, 0.5) is 4.79 Å². The van der Waals surface area contributed by atoms with E-state index in [0.29, 0.717) is 6.42 Å². The molecule has 1 aromatic carbocycles. The van der Waals surface area contributed by atoms with Crippen LogP contribution in [0.15, 0.2) is 30.3 Å². The number of carbonyl (C=O) groups is 1. The maximum Gasteiger partial charge on any atom is 0.315 e. The fraction of sp³-hybridized carbons (Fsp3) is 0.588. The second-order valence-electron chi connectivity index (χ2n) is 5.85. The smallest absolute Gasteiger partial charge is 0.315 e. The largest absolute Gasteiger partial charge is 0.394 e. The fourth-order valence-corrected chi connectivity index (χ4v) is 3.00. The van der Waals surface area contributed by atoms with E-state index in [-0.39, 0.29) is 30.8 Å². The van der Waals surface area contributed by atoms with Crippen LogP contribution >= 0.6 is 0 Å². The van der Waals surface area contributed by atoms with Gasteiger partial charge in [0.05, 0.1) is 24.8 Å². The molecule has 0 bridgehead atoms. The number of rotatable bonds is 6. The quantitative estimate of drug-likeness (QED) is 0.751. The van der Waals surface area contributed by atoms with Crippen LogP contribution in [0.25, 0.3) is 0 Å². The highest BCUT2D eigenvalue weighted by Gasteiger charge is 2.26. The van der Waals surface area contributed by atoms with Gasteiger partial charge in [-0.15, -0.1) is 0 Å². The van der Waals surface area contributed by atoms with Gasteiger partial charge in [-0.2, -0.15) is 0 Å². The molecule has 1 fully saturated rings. The molecule has 5 heteroatoms. The Balaban J connectivity index is 1.83. The Kier molecular flexibility index (Phi) is 6.68. The monoisotopic (exact) mass is 306 g/mol. The number of ether oxygens (including phenoxy) is 1. The third-order valence-corrected chi connectivity index (χ3v) is 4.20. The molecule has 2 amide bonds. The Morgan fingerprint density at radius 2 is 2.05 bits per heavy atom. The van der Waals surface area contributed by atoms with Gasteiger partial charge in [-0.1, -0.05) is 43.2 Å². The number of nitrogens with one attached hydrogen (secondary N) is 2. The lowest BCUT2D eigenvalue weighted by Crippen LogP contribution is -2.52. The molecule has 22 heavy (non-hydrogen) atoms. The number of urea groups is 1. The first kappa shape index (κ1) is 16.8. The van der Waals surface area contributed by atoms with Crippen molar-refractivity contribution >= 4 is 6.03 Å². The Bertz CT molecular complexity index is 452. The van der Waals surface area contributed by atoms with Crippen molar-refractivity contribution < 1.29 is 14.6 Å². The third-order valence-electron chi connectivity index (χ3n) is 4.20. The highest BCUT2D eigenvalue weighted by atomic mass is 16.5. The maximum atomic E-state index is 12.1. The van der Waals surface area contributed by atoms with E-state index in [2.05, 4.69) is 10.6 Å². The molecule has 0 radical (unpaired) electrons. The lowest BCUT2D eigenvalue weighted by atomic mass is 9.92. The molecule has 0 heterocycles. The summed E-state index contributed by atoms with van der Waals surface area (Å²) in [7, 11) is 1.69. The molecule has 0 spiro atoms. The number of amides is 2. The molecular formula is C17H26N2O3. The van der Waals surface area contributed by atoms with Crippen molar-refractivity contribution in [3.8, 4) is 0 Å². The number of aliphatic hydroxyl groups is 1. The maximum absolute atomic E-state index is 12.1. The molecule has 0 unspecified atom stereocenters. The molecule has 2 rings (SSSR count). The summed E-state index contributed by atoms with van der Waals surface area (Å²) in [6, 6.07) is 9.37. The Morgan fingerprint density at radius 1 is 1.32 bits per heavy atom. The topological polar surface area (TPSA) is 70.6 Å². The van der Waals surface area contributed by atoms with E-state index in [9.17, 15) is 9.90 Å². The van der Waals surface area contributed by atoms with Crippen LogP contribution in [-0.2, 0) is 11.2 Å². The van der Waals surface area contributed by atoms with Gasteiger partial charge in [0.25, 0.3) is 0 Å². The van der Waals surface area contributed by atoms with Crippen LogP contribution in [-0.4, -0.2) is 43.0 Å². The van der Waals surface area contributed by atoms with Crippen molar-refractivity contribution in [2.75, 3.05) is 13.7 Å². The number of hydrogen-bond acceptors (Lipinski definition) is 3. The molecular weight excluding hydrogens is 280 g/mol. The van der Waals surface area contributed by atoms with E-state index in [1.165, 1.54) is 0 Å². The fourth-order valence-electron chi connectivity index (χ4n) is 3.00. The van der Waals surface area contributed by atoms with E-state index in [1.54, 1.807) is 7.11 Å². The average molecular weight is 306 g/mol. The van der Waals surface area contributed by atoms with Crippen molar-refractivity contribution in [1.29, 1.82) is 0 Å². The molecule has 1 aromatic rings. The zero-order chi connectivity index (χ0) is 15.8. The summed E-state index contributed by atoms with van der Waals surface area (Å²) >= 11 is 0. The lowest BCUT2D eigenvalue weighted by molar-refractivity contribution is 0.0449. The van der Waals surface area contributed by atoms with Crippen LogP contribution in [0.2, 0.25) is 0 Å². The third kappa shape index (κ3) is 5.00. The highest BCUT2D eigenvalue weighted by molar-refractivity contribution is 5.74. The first-order valence-corrected chi connectivity index (χ1v) is 7.97. The number of methoxy groups -OCH3 is 1. The first-order valence-electron chi connectivity index (χ1n) is 7.97. The Labute approximate surface area is 132 Å². The summed E-state index contributed by atoms with van der Waals surface area (Å²) in [5.74, 6) is 0. The standard InChI is InChI=1S/C17H26N2O3/c1-22-16-10-6-5-9-15(16)19-17(21)18-14(12-20)11-13-7-3-2-4-8-13/h2-4,7-8,14-16,20H,5-6,9-12H2,1H3,(H2,18,19,21)/t14-,15+,16-/m1/s1. The zero-order valence-electron chi connectivity index (χ0n) is 13.1. The normalized spacial score (nSPS) is 22.8. The van der Waals surface area contributed by atoms with Crippen LogP contribution in [0, 0.1) is 0 Å². The number of benzene rings is 1. The molecule has 0 saturated heterocycles.